The molecule has 106 valence electrons. The molecule has 1 atom stereocenters. The van der Waals surface area contributed by atoms with Gasteiger partial charge < -0.3 is 10.0 Å². The lowest BCUT2D eigenvalue weighted by atomic mass is 9.84. The summed E-state index contributed by atoms with van der Waals surface area (Å²) in [6, 6.07) is 14.8. The minimum atomic E-state index is 0.240. The summed E-state index contributed by atoms with van der Waals surface area (Å²) in [7, 11) is 2.14. The molecule has 1 aliphatic rings. The summed E-state index contributed by atoms with van der Waals surface area (Å²) in [6.07, 6.45) is 0. The molecule has 1 N–H and O–H groups in total. The second-order valence-corrected chi connectivity index (χ2v) is 6.73. The van der Waals surface area contributed by atoms with Crippen LogP contribution in [0.25, 0.3) is 10.1 Å². The van der Waals surface area contributed by atoms with Gasteiger partial charge in [-0.25, -0.2) is 0 Å². The summed E-state index contributed by atoms with van der Waals surface area (Å²) < 4.78 is 1.15. The average Bonchev–Trinajstić information content (AvgIpc) is 2.96. The van der Waals surface area contributed by atoms with Gasteiger partial charge in [-0.15, -0.1) is 11.3 Å². The Bertz CT molecular complexity index is 808. The van der Waals surface area contributed by atoms with E-state index in [0.717, 1.165) is 28.7 Å². The molecule has 21 heavy (non-hydrogen) atoms. The third kappa shape index (κ3) is 2.04. The fourth-order valence-electron chi connectivity index (χ4n) is 3.38. The Balaban J connectivity index is 1.90. The highest BCUT2D eigenvalue weighted by Gasteiger charge is 2.27. The van der Waals surface area contributed by atoms with E-state index in [4.69, 9.17) is 0 Å². The number of aromatic hydroxyl groups is 1. The highest BCUT2D eigenvalue weighted by molar-refractivity contribution is 7.17. The largest absolute Gasteiger partial charge is 0.507 e. The van der Waals surface area contributed by atoms with Crippen LogP contribution in [0.4, 0.5) is 0 Å². The first-order valence-electron chi connectivity index (χ1n) is 7.19. The Kier molecular flexibility index (Phi) is 2.98. The van der Waals surface area contributed by atoms with Crippen LogP contribution in [0, 0.1) is 0 Å². The number of phenolic OH excluding ortho intramolecular Hbond substituents is 1. The number of benzene rings is 2. The summed E-state index contributed by atoms with van der Waals surface area (Å²) in [6.45, 7) is 1.92. The molecule has 1 aliphatic heterocycles. The first-order valence-corrected chi connectivity index (χ1v) is 8.07. The predicted octanol–water partition coefficient (Wildman–Crippen LogP) is 4.18. The number of thiophene rings is 1. The third-order valence-electron chi connectivity index (χ3n) is 4.38. The van der Waals surface area contributed by atoms with Gasteiger partial charge in [0.05, 0.1) is 0 Å². The number of nitrogens with zero attached hydrogens (tertiary/aromatic N) is 1. The van der Waals surface area contributed by atoms with Crippen LogP contribution in [0.2, 0.25) is 0 Å². The minimum Gasteiger partial charge on any atom is -0.507 e. The van der Waals surface area contributed by atoms with Crippen LogP contribution in [0.15, 0.2) is 47.8 Å². The molecule has 1 unspecified atom stereocenters. The lowest BCUT2D eigenvalue weighted by Gasteiger charge is -2.33. The maximum absolute atomic E-state index is 10.7. The van der Waals surface area contributed by atoms with E-state index in [-0.39, 0.29) is 5.92 Å². The number of phenols is 1. The van der Waals surface area contributed by atoms with Gasteiger partial charge in [0.1, 0.15) is 5.75 Å². The molecule has 0 radical (unpaired) electrons. The van der Waals surface area contributed by atoms with Gasteiger partial charge >= 0.3 is 0 Å². The Hall–Kier alpha value is -1.84. The van der Waals surface area contributed by atoms with Gasteiger partial charge in [0.2, 0.25) is 0 Å². The fraction of sp³-hybridized carbons (Fsp3) is 0.222. The minimum absolute atomic E-state index is 0.240. The van der Waals surface area contributed by atoms with Crippen LogP contribution in [-0.2, 0) is 6.54 Å². The SMILES string of the molecule is CN1Cc2ccccc2C(c2ccc3sccc3c2O)C1. The zero-order valence-corrected chi connectivity index (χ0v) is 12.7. The van der Waals surface area contributed by atoms with E-state index in [1.165, 1.54) is 11.1 Å². The first kappa shape index (κ1) is 12.9. The van der Waals surface area contributed by atoms with Gasteiger partial charge in [-0.1, -0.05) is 30.3 Å². The van der Waals surface area contributed by atoms with E-state index in [2.05, 4.69) is 48.3 Å². The molecule has 0 amide bonds. The van der Waals surface area contributed by atoms with Gasteiger partial charge in [-0.05, 0) is 35.7 Å². The van der Waals surface area contributed by atoms with Crippen LogP contribution in [0.3, 0.4) is 0 Å². The number of hydrogen-bond donors (Lipinski definition) is 1. The summed E-state index contributed by atoms with van der Waals surface area (Å²) in [5.41, 5.74) is 3.75. The molecule has 3 heteroatoms. The molecule has 0 spiro atoms. The predicted molar refractivity (Wildman–Crippen MR) is 88.1 cm³/mol. The first-order chi connectivity index (χ1) is 10.2. The van der Waals surface area contributed by atoms with E-state index in [9.17, 15) is 5.11 Å². The molecule has 0 bridgehead atoms. The zero-order chi connectivity index (χ0) is 14.4. The van der Waals surface area contributed by atoms with Gasteiger partial charge in [0.15, 0.2) is 0 Å². The highest BCUT2D eigenvalue weighted by Crippen LogP contribution is 2.41. The monoisotopic (exact) mass is 295 g/mol. The Morgan fingerprint density at radius 1 is 1.10 bits per heavy atom. The van der Waals surface area contributed by atoms with E-state index < -0.39 is 0 Å². The van der Waals surface area contributed by atoms with Crippen LogP contribution in [0.5, 0.6) is 5.75 Å². The van der Waals surface area contributed by atoms with Gasteiger partial charge in [0.25, 0.3) is 0 Å². The van der Waals surface area contributed by atoms with Crippen molar-refractivity contribution in [1.29, 1.82) is 0 Å². The summed E-state index contributed by atoms with van der Waals surface area (Å²) in [5.74, 6) is 0.688. The number of likely N-dealkylation sites (N-methyl/N-ethyl adjacent to an activating group) is 1. The molecule has 3 aromatic rings. The molecule has 0 aliphatic carbocycles. The van der Waals surface area contributed by atoms with E-state index >= 15 is 0 Å². The van der Waals surface area contributed by atoms with Crippen molar-refractivity contribution in [1.82, 2.24) is 4.90 Å². The second-order valence-electron chi connectivity index (χ2n) is 5.78. The van der Waals surface area contributed by atoms with E-state index in [1.807, 2.05) is 11.4 Å². The zero-order valence-electron chi connectivity index (χ0n) is 11.9. The molecule has 1 aromatic heterocycles. The quantitative estimate of drug-likeness (QED) is 0.728. The lowest BCUT2D eigenvalue weighted by Crippen LogP contribution is -2.30. The van der Waals surface area contributed by atoms with Crippen molar-refractivity contribution >= 4 is 21.4 Å². The fourth-order valence-corrected chi connectivity index (χ4v) is 4.17. The third-order valence-corrected chi connectivity index (χ3v) is 5.26. The molecule has 0 fully saturated rings. The normalized spacial score (nSPS) is 18.8. The van der Waals surface area contributed by atoms with E-state index in [1.54, 1.807) is 11.3 Å². The number of fused-ring (bicyclic) bond motifs is 2. The molecule has 2 nitrogen and oxygen atoms in total. The maximum atomic E-state index is 10.7. The molecular weight excluding hydrogens is 278 g/mol. The van der Waals surface area contributed by atoms with Crippen molar-refractivity contribution in [2.75, 3.05) is 13.6 Å². The van der Waals surface area contributed by atoms with Crippen molar-refractivity contribution in [3.63, 3.8) is 0 Å². The second kappa shape index (κ2) is 4.86. The molecule has 2 heterocycles. The summed E-state index contributed by atoms with van der Waals surface area (Å²) in [4.78, 5) is 2.32. The Labute approximate surface area is 128 Å². The van der Waals surface area contributed by atoms with Crippen molar-refractivity contribution in [3.05, 3.63) is 64.5 Å². The van der Waals surface area contributed by atoms with Crippen LogP contribution < -0.4 is 0 Å². The van der Waals surface area contributed by atoms with E-state index in [0.29, 0.717) is 5.75 Å². The smallest absolute Gasteiger partial charge is 0.128 e. The number of hydrogen-bond acceptors (Lipinski definition) is 3. The Morgan fingerprint density at radius 2 is 1.95 bits per heavy atom. The average molecular weight is 295 g/mol. The molecular formula is C18H17NOS. The Morgan fingerprint density at radius 3 is 2.86 bits per heavy atom. The molecule has 4 rings (SSSR count). The van der Waals surface area contributed by atoms with Gasteiger partial charge in [0, 0.05) is 34.7 Å². The van der Waals surface area contributed by atoms with Crippen molar-refractivity contribution in [2.24, 2.45) is 0 Å². The van der Waals surface area contributed by atoms with Crippen molar-refractivity contribution in [2.45, 2.75) is 12.5 Å². The van der Waals surface area contributed by atoms with Gasteiger partial charge in [-0.2, -0.15) is 0 Å². The summed E-state index contributed by atoms with van der Waals surface area (Å²) >= 11 is 1.67. The summed E-state index contributed by atoms with van der Waals surface area (Å²) in [5, 5.41) is 13.7. The molecule has 2 aromatic carbocycles. The standard InChI is InChI=1S/C18H17NOS/c1-19-10-12-4-2-3-5-13(12)16(11-19)14-6-7-17-15(18(14)20)8-9-21-17/h2-9,16,20H,10-11H2,1H3. The van der Waals surface area contributed by atoms with Crippen molar-refractivity contribution < 1.29 is 5.11 Å². The van der Waals surface area contributed by atoms with Crippen molar-refractivity contribution in [3.8, 4) is 5.75 Å². The molecule has 0 saturated carbocycles. The number of rotatable bonds is 1. The topological polar surface area (TPSA) is 23.5 Å². The highest BCUT2D eigenvalue weighted by atomic mass is 32.1. The maximum Gasteiger partial charge on any atom is 0.128 e. The van der Waals surface area contributed by atoms with Gasteiger partial charge in [-0.3, -0.25) is 0 Å². The van der Waals surface area contributed by atoms with Crippen LogP contribution in [-0.4, -0.2) is 23.6 Å². The lowest BCUT2D eigenvalue weighted by molar-refractivity contribution is 0.293. The van der Waals surface area contributed by atoms with Crippen LogP contribution >= 0.6 is 11.3 Å². The van der Waals surface area contributed by atoms with Crippen LogP contribution in [0.1, 0.15) is 22.6 Å². The molecule has 0 saturated heterocycles.